The highest BCUT2D eigenvalue weighted by Crippen LogP contribution is 2.49. The minimum atomic E-state index is 0.163. The van der Waals surface area contributed by atoms with E-state index in [2.05, 4.69) is 27.9 Å². The Morgan fingerprint density at radius 1 is 1.50 bits per heavy atom. The average Bonchev–Trinajstić information content (AvgIpc) is 3.05. The molecule has 0 amide bonds. The van der Waals surface area contributed by atoms with Crippen LogP contribution in [-0.2, 0) is 0 Å². The van der Waals surface area contributed by atoms with Crippen LogP contribution in [0.1, 0.15) is 28.4 Å². The maximum atomic E-state index is 11.1. The number of nitrogens with two attached hydrogens (primary N) is 1. The van der Waals surface area contributed by atoms with E-state index in [1.807, 2.05) is 0 Å². The van der Waals surface area contributed by atoms with Gasteiger partial charge in [0.1, 0.15) is 0 Å². The molecule has 0 aliphatic carbocycles. The molecule has 0 bridgehead atoms. The van der Waals surface area contributed by atoms with Gasteiger partial charge in [0.15, 0.2) is 17.8 Å². The fraction of sp³-hybridized carbons (Fsp3) is 0.500. The number of benzene rings is 1. The van der Waals surface area contributed by atoms with Crippen molar-refractivity contribution in [3.63, 3.8) is 0 Å². The molecule has 2 aliphatic rings. The van der Waals surface area contributed by atoms with E-state index in [1.165, 1.54) is 0 Å². The standard InChI is InChI=1S/C14H17BrN2O3/c1-17-5-8(4-16)2-11(17)12-10(15)3-9(6-18)13-14(12)20-7-19-13/h3,6,8,11H,2,4-5,7,16H2,1H3. The van der Waals surface area contributed by atoms with Crippen molar-refractivity contribution in [2.45, 2.75) is 12.5 Å². The molecule has 2 N–H and O–H groups in total. The van der Waals surface area contributed by atoms with Gasteiger partial charge < -0.3 is 15.2 Å². The van der Waals surface area contributed by atoms with E-state index in [4.69, 9.17) is 15.2 Å². The minimum absolute atomic E-state index is 0.163. The highest BCUT2D eigenvalue weighted by Gasteiger charge is 2.36. The van der Waals surface area contributed by atoms with Crippen LogP contribution >= 0.6 is 15.9 Å². The smallest absolute Gasteiger partial charge is 0.231 e. The predicted octanol–water partition coefficient (Wildman–Crippen LogP) is 1.94. The number of aldehydes is 1. The third-order valence-corrected chi connectivity index (χ3v) is 4.74. The third-order valence-electron chi connectivity index (χ3n) is 4.09. The summed E-state index contributed by atoms with van der Waals surface area (Å²) in [4.78, 5) is 13.4. The first-order valence-corrected chi connectivity index (χ1v) is 7.42. The Kier molecular flexibility index (Phi) is 3.70. The number of fused-ring (bicyclic) bond motifs is 1. The zero-order chi connectivity index (χ0) is 14.3. The Morgan fingerprint density at radius 3 is 2.90 bits per heavy atom. The summed E-state index contributed by atoms with van der Waals surface area (Å²) in [6.07, 6.45) is 1.78. The van der Waals surface area contributed by atoms with Gasteiger partial charge in [-0.15, -0.1) is 0 Å². The summed E-state index contributed by atoms with van der Waals surface area (Å²) in [6, 6.07) is 2.04. The van der Waals surface area contributed by atoms with Crippen molar-refractivity contribution >= 4 is 22.2 Å². The molecule has 2 aliphatic heterocycles. The van der Waals surface area contributed by atoms with Crippen molar-refractivity contribution in [3.8, 4) is 11.5 Å². The molecule has 1 aromatic carbocycles. The Balaban J connectivity index is 2.06. The molecule has 6 heteroatoms. The lowest BCUT2D eigenvalue weighted by atomic mass is 9.97. The first kappa shape index (κ1) is 13.9. The number of ether oxygens (including phenoxy) is 2. The molecule has 20 heavy (non-hydrogen) atoms. The lowest BCUT2D eigenvalue weighted by Crippen LogP contribution is -2.21. The van der Waals surface area contributed by atoms with Crippen LogP contribution in [0.25, 0.3) is 0 Å². The molecular weight excluding hydrogens is 324 g/mol. The Labute approximate surface area is 126 Å². The molecule has 3 rings (SSSR count). The van der Waals surface area contributed by atoms with Crippen molar-refractivity contribution < 1.29 is 14.3 Å². The highest BCUT2D eigenvalue weighted by molar-refractivity contribution is 9.10. The number of carbonyl (C=O) groups excluding carboxylic acids is 1. The maximum absolute atomic E-state index is 11.1. The minimum Gasteiger partial charge on any atom is -0.453 e. The quantitative estimate of drug-likeness (QED) is 0.852. The Morgan fingerprint density at radius 2 is 2.25 bits per heavy atom. The predicted molar refractivity (Wildman–Crippen MR) is 78.2 cm³/mol. The topological polar surface area (TPSA) is 64.8 Å². The molecule has 108 valence electrons. The molecule has 2 unspecified atom stereocenters. The van der Waals surface area contributed by atoms with Crippen LogP contribution in [0.2, 0.25) is 0 Å². The largest absolute Gasteiger partial charge is 0.453 e. The van der Waals surface area contributed by atoms with Crippen LogP contribution in [0.15, 0.2) is 10.5 Å². The Hall–Kier alpha value is -1.11. The summed E-state index contributed by atoms with van der Waals surface area (Å²) >= 11 is 3.57. The second-order valence-electron chi connectivity index (χ2n) is 5.34. The number of hydrogen-bond donors (Lipinski definition) is 1. The zero-order valence-electron chi connectivity index (χ0n) is 11.3. The number of likely N-dealkylation sites (tertiary alicyclic amines) is 1. The Bertz CT molecular complexity index is 550. The third kappa shape index (κ3) is 2.12. The molecule has 5 nitrogen and oxygen atoms in total. The number of halogens is 1. The second-order valence-corrected chi connectivity index (χ2v) is 6.19. The maximum Gasteiger partial charge on any atom is 0.231 e. The van der Waals surface area contributed by atoms with E-state index in [0.29, 0.717) is 29.5 Å². The summed E-state index contributed by atoms with van der Waals surface area (Å²) < 4.78 is 11.9. The molecule has 0 radical (unpaired) electrons. The first-order chi connectivity index (χ1) is 9.65. The number of carbonyl (C=O) groups is 1. The summed E-state index contributed by atoms with van der Waals surface area (Å²) in [5, 5.41) is 0. The van der Waals surface area contributed by atoms with Crippen molar-refractivity contribution in [2.75, 3.05) is 26.9 Å². The molecule has 2 heterocycles. The zero-order valence-corrected chi connectivity index (χ0v) is 12.9. The van der Waals surface area contributed by atoms with E-state index in [1.54, 1.807) is 6.07 Å². The normalized spacial score (nSPS) is 25.1. The summed E-state index contributed by atoms with van der Waals surface area (Å²) in [6.45, 7) is 1.82. The second kappa shape index (κ2) is 5.35. The van der Waals surface area contributed by atoms with Gasteiger partial charge in [0.25, 0.3) is 0 Å². The van der Waals surface area contributed by atoms with E-state index in [9.17, 15) is 4.79 Å². The van der Waals surface area contributed by atoms with Gasteiger partial charge in [0.05, 0.1) is 5.56 Å². The van der Waals surface area contributed by atoms with Crippen LogP contribution in [0.4, 0.5) is 0 Å². The van der Waals surface area contributed by atoms with Gasteiger partial charge in [-0.25, -0.2) is 0 Å². The van der Waals surface area contributed by atoms with Crippen molar-refractivity contribution in [3.05, 3.63) is 21.7 Å². The molecule has 0 saturated carbocycles. The monoisotopic (exact) mass is 340 g/mol. The van der Waals surface area contributed by atoms with Crippen LogP contribution in [-0.4, -0.2) is 38.1 Å². The van der Waals surface area contributed by atoms with E-state index < -0.39 is 0 Å². The van der Waals surface area contributed by atoms with Crippen molar-refractivity contribution in [1.82, 2.24) is 4.90 Å². The molecule has 0 aromatic heterocycles. The molecule has 1 aromatic rings. The van der Waals surface area contributed by atoms with Gasteiger partial charge in [0, 0.05) is 22.6 Å². The highest BCUT2D eigenvalue weighted by atomic mass is 79.9. The number of rotatable bonds is 3. The van der Waals surface area contributed by atoms with E-state index in [-0.39, 0.29) is 12.8 Å². The fourth-order valence-electron chi connectivity index (χ4n) is 3.09. The van der Waals surface area contributed by atoms with Gasteiger partial charge in [-0.2, -0.15) is 0 Å². The van der Waals surface area contributed by atoms with Gasteiger partial charge in [-0.05, 0) is 32.0 Å². The lowest BCUT2D eigenvalue weighted by Gasteiger charge is -2.22. The van der Waals surface area contributed by atoms with Crippen LogP contribution < -0.4 is 15.2 Å². The molecule has 1 saturated heterocycles. The molecule has 0 spiro atoms. The number of nitrogens with zero attached hydrogens (tertiary/aromatic N) is 1. The molecular formula is C14H17BrN2O3. The SMILES string of the molecule is CN1CC(CN)CC1c1c(Br)cc(C=O)c2c1OCO2. The summed E-state index contributed by atoms with van der Waals surface area (Å²) in [7, 11) is 2.09. The van der Waals surface area contributed by atoms with Crippen LogP contribution in [0.3, 0.4) is 0 Å². The van der Waals surface area contributed by atoms with E-state index in [0.717, 1.165) is 29.3 Å². The van der Waals surface area contributed by atoms with Gasteiger partial charge >= 0.3 is 0 Å². The average molecular weight is 341 g/mol. The van der Waals surface area contributed by atoms with Crippen LogP contribution in [0, 0.1) is 5.92 Å². The van der Waals surface area contributed by atoms with E-state index >= 15 is 0 Å². The lowest BCUT2D eigenvalue weighted by molar-refractivity contribution is 0.111. The summed E-state index contributed by atoms with van der Waals surface area (Å²) in [5.74, 6) is 1.74. The summed E-state index contributed by atoms with van der Waals surface area (Å²) in [5.41, 5.74) is 7.37. The fourth-order valence-corrected chi connectivity index (χ4v) is 3.78. The van der Waals surface area contributed by atoms with Gasteiger partial charge in [0.2, 0.25) is 6.79 Å². The molecule has 1 fully saturated rings. The van der Waals surface area contributed by atoms with Gasteiger partial charge in [-0.1, -0.05) is 15.9 Å². The number of hydrogen-bond acceptors (Lipinski definition) is 5. The van der Waals surface area contributed by atoms with Crippen LogP contribution in [0.5, 0.6) is 11.5 Å². The molecule has 2 atom stereocenters. The first-order valence-electron chi connectivity index (χ1n) is 6.63. The van der Waals surface area contributed by atoms with Gasteiger partial charge in [-0.3, -0.25) is 9.69 Å². The van der Waals surface area contributed by atoms with Crippen molar-refractivity contribution in [2.24, 2.45) is 11.7 Å². The van der Waals surface area contributed by atoms with Crippen molar-refractivity contribution in [1.29, 1.82) is 0 Å².